The Hall–Kier alpha value is -2.08. The van der Waals surface area contributed by atoms with Crippen LogP contribution in [-0.2, 0) is 9.59 Å². The van der Waals surface area contributed by atoms with Crippen LogP contribution < -0.4 is 10.2 Å². The summed E-state index contributed by atoms with van der Waals surface area (Å²) < 4.78 is 0. The molecular weight excluding hydrogens is 292 g/mol. The molecule has 2 amide bonds. The van der Waals surface area contributed by atoms with Gasteiger partial charge in [0.25, 0.3) is 0 Å². The smallest absolute Gasteiger partial charge is 0.239 e. The maximum atomic E-state index is 12.7. The highest BCUT2D eigenvalue weighted by Gasteiger charge is 2.30. The van der Waals surface area contributed by atoms with Crippen molar-refractivity contribution in [3.8, 4) is 0 Å². The van der Waals surface area contributed by atoms with E-state index in [2.05, 4.69) is 22.3 Å². The minimum atomic E-state index is -0.232. The summed E-state index contributed by atoms with van der Waals surface area (Å²) >= 11 is 0. The van der Waals surface area contributed by atoms with Crippen molar-refractivity contribution in [2.45, 2.75) is 13.0 Å². The highest BCUT2D eigenvalue weighted by molar-refractivity contribution is 5.84. The number of hydrogen-bond donors (Lipinski definition) is 1. The summed E-state index contributed by atoms with van der Waals surface area (Å²) in [5.41, 5.74) is 1.21. The van der Waals surface area contributed by atoms with Gasteiger partial charge in [-0.1, -0.05) is 18.2 Å². The molecule has 3 rings (SSSR count). The average Bonchev–Trinajstić information content (AvgIpc) is 2.61. The Bertz CT molecular complexity index is 555. The summed E-state index contributed by atoms with van der Waals surface area (Å²) in [5, 5.41) is 2.80. The molecule has 1 aromatic carbocycles. The van der Waals surface area contributed by atoms with Gasteiger partial charge in [-0.05, 0) is 19.1 Å². The number of nitrogens with one attached hydrogen (secondary N) is 1. The van der Waals surface area contributed by atoms with E-state index in [0.717, 1.165) is 32.7 Å². The van der Waals surface area contributed by atoms with Crippen LogP contribution in [-0.4, -0.2) is 73.5 Å². The largest absolute Gasteiger partial charge is 0.368 e. The summed E-state index contributed by atoms with van der Waals surface area (Å²) in [4.78, 5) is 30.4. The van der Waals surface area contributed by atoms with Gasteiger partial charge in [0.1, 0.15) is 0 Å². The molecule has 2 aliphatic heterocycles. The van der Waals surface area contributed by atoms with Gasteiger partial charge in [-0.25, -0.2) is 0 Å². The maximum Gasteiger partial charge on any atom is 0.239 e. The second-order valence-corrected chi connectivity index (χ2v) is 6.14. The first kappa shape index (κ1) is 15.8. The van der Waals surface area contributed by atoms with Crippen molar-refractivity contribution in [2.75, 3.05) is 50.7 Å². The van der Waals surface area contributed by atoms with Crippen LogP contribution >= 0.6 is 0 Å². The van der Waals surface area contributed by atoms with Crippen LogP contribution in [0.5, 0.6) is 0 Å². The molecule has 2 fully saturated rings. The van der Waals surface area contributed by atoms with Crippen molar-refractivity contribution in [1.82, 2.24) is 15.1 Å². The number of rotatable bonds is 3. The van der Waals surface area contributed by atoms with Crippen LogP contribution in [0.25, 0.3) is 0 Å². The zero-order valence-electron chi connectivity index (χ0n) is 13.6. The first-order chi connectivity index (χ1) is 11.1. The molecule has 0 saturated carbocycles. The Morgan fingerprint density at radius 3 is 2.43 bits per heavy atom. The Morgan fingerprint density at radius 2 is 1.78 bits per heavy atom. The van der Waals surface area contributed by atoms with E-state index in [4.69, 9.17) is 0 Å². The van der Waals surface area contributed by atoms with Crippen LogP contribution in [0, 0.1) is 0 Å². The molecule has 1 aromatic rings. The topological polar surface area (TPSA) is 55.9 Å². The van der Waals surface area contributed by atoms with Crippen molar-refractivity contribution in [1.29, 1.82) is 0 Å². The van der Waals surface area contributed by atoms with Crippen molar-refractivity contribution >= 4 is 17.5 Å². The van der Waals surface area contributed by atoms with Crippen molar-refractivity contribution in [3.63, 3.8) is 0 Å². The number of carbonyl (C=O) groups excluding carboxylic acids is 2. The predicted octanol–water partition coefficient (Wildman–Crippen LogP) is 0.156. The van der Waals surface area contributed by atoms with Gasteiger partial charge in [-0.15, -0.1) is 0 Å². The SMILES string of the molecule is C[C@@H](C(=O)N1CCN(c2ccccc2)CC1)N1CCNC(=O)C1. The highest BCUT2D eigenvalue weighted by atomic mass is 16.2. The lowest BCUT2D eigenvalue weighted by Gasteiger charge is -2.39. The molecule has 1 N–H and O–H groups in total. The molecular formula is C17H24N4O2. The Kier molecular flexibility index (Phi) is 4.81. The normalized spacial score (nSPS) is 21.0. The average molecular weight is 316 g/mol. The Morgan fingerprint density at radius 1 is 1.09 bits per heavy atom. The third kappa shape index (κ3) is 3.64. The highest BCUT2D eigenvalue weighted by Crippen LogP contribution is 2.16. The molecule has 2 aliphatic rings. The van der Waals surface area contributed by atoms with Crippen molar-refractivity contribution in [3.05, 3.63) is 30.3 Å². The fourth-order valence-corrected chi connectivity index (χ4v) is 3.23. The van der Waals surface area contributed by atoms with Crippen LogP contribution in [0.15, 0.2) is 30.3 Å². The van der Waals surface area contributed by atoms with E-state index in [1.165, 1.54) is 5.69 Å². The molecule has 2 saturated heterocycles. The minimum absolute atomic E-state index is 0.00444. The third-order valence-electron chi connectivity index (χ3n) is 4.69. The van der Waals surface area contributed by atoms with Gasteiger partial charge in [0.2, 0.25) is 11.8 Å². The fraction of sp³-hybridized carbons (Fsp3) is 0.529. The van der Waals surface area contributed by atoms with Gasteiger partial charge in [0.15, 0.2) is 0 Å². The van der Waals surface area contributed by atoms with Crippen LogP contribution in [0.3, 0.4) is 0 Å². The molecule has 0 aliphatic carbocycles. The standard InChI is InChI=1S/C17H24N4O2/c1-14(21-8-7-18-16(22)13-21)17(23)20-11-9-19(10-12-20)15-5-3-2-4-6-15/h2-6,14H,7-13H2,1H3,(H,18,22)/t14-/m0/s1. The van der Waals surface area contributed by atoms with E-state index in [-0.39, 0.29) is 17.9 Å². The molecule has 0 radical (unpaired) electrons. The number of hydrogen-bond acceptors (Lipinski definition) is 4. The van der Waals surface area contributed by atoms with E-state index in [0.29, 0.717) is 13.1 Å². The number of anilines is 1. The van der Waals surface area contributed by atoms with E-state index < -0.39 is 0 Å². The number of piperazine rings is 2. The summed E-state index contributed by atoms with van der Waals surface area (Å²) in [6.45, 7) is 6.75. The summed E-state index contributed by atoms with van der Waals surface area (Å²) in [6.07, 6.45) is 0. The van der Waals surface area contributed by atoms with Gasteiger partial charge in [-0.3, -0.25) is 14.5 Å². The zero-order valence-corrected chi connectivity index (χ0v) is 13.6. The number of para-hydroxylation sites is 1. The van der Waals surface area contributed by atoms with Gasteiger partial charge in [0.05, 0.1) is 12.6 Å². The monoisotopic (exact) mass is 316 g/mol. The minimum Gasteiger partial charge on any atom is -0.368 e. The zero-order chi connectivity index (χ0) is 16.2. The molecule has 23 heavy (non-hydrogen) atoms. The first-order valence-corrected chi connectivity index (χ1v) is 8.24. The molecule has 0 spiro atoms. The first-order valence-electron chi connectivity index (χ1n) is 8.24. The second kappa shape index (κ2) is 7.00. The van der Waals surface area contributed by atoms with Crippen LogP contribution in [0.2, 0.25) is 0 Å². The quantitative estimate of drug-likeness (QED) is 0.863. The molecule has 0 aromatic heterocycles. The number of amides is 2. The van der Waals surface area contributed by atoms with Crippen LogP contribution in [0.4, 0.5) is 5.69 Å². The predicted molar refractivity (Wildman–Crippen MR) is 89.3 cm³/mol. The Labute approximate surface area is 137 Å². The molecule has 0 unspecified atom stereocenters. The molecule has 1 atom stereocenters. The summed E-state index contributed by atoms with van der Waals surface area (Å²) in [6, 6.07) is 10.1. The van der Waals surface area contributed by atoms with Gasteiger partial charge >= 0.3 is 0 Å². The number of benzene rings is 1. The number of carbonyl (C=O) groups is 2. The Balaban J connectivity index is 1.54. The van der Waals surface area contributed by atoms with E-state index in [9.17, 15) is 9.59 Å². The maximum absolute atomic E-state index is 12.7. The van der Waals surface area contributed by atoms with Gasteiger partial charge < -0.3 is 15.1 Å². The van der Waals surface area contributed by atoms with Gasteiger partial charge in [-0.2, -0.15) is 0 Å². The second-order valence-electron chi connectivity index (χ2n) is 6.14. The van der Waals surface area contributed by atoms with E-state index in [1.807, 2.05) is 34.9 Å². The molecule has 6 heteroatoms. The molecule has 0 bridgehead atoms. The molecule has 124 valence electrons. The fourth-order valence-electron chi connectivity index (χ4n) is 3.23. The lowest BCUT2D eigenvalue weighted by Crippen LogP contribution is -2.58. The summed E-state index contributed by atoms with van der Waals surface area (Å²) in [5.74, 6) is 0.136. The summed E-state index contributed by atoms with van der Waals surface area (Å²) in [7, 11) is 0. The molecule has 2 heterocycles. The lowest BCUT2D eigenvalue weighted by molar-refractivity contribution is -0.138. The number of nitrogens with zero attached hydrogens (tertiary/aromatic N) is 3. The van der Waals surface area contributed by atoms with Crippen LogP contribution in [0.1, 0.15) is 6.92 Å². The molecule has 6 nitrogen and oxygen atoms in total. The van der Waals surface area contributed by atoms with Gasteiger partial charge in [0, 0.05) is 45.0 Å². The lowest BCUT2D eigenvalue weighted by atomic mass is 10.2. The third-order valence-corrected chi connectivity index (χ3v) is 4.69. The van der Waals surface area contributed by atoms with Crippen molar-refractivity contribution < 1.29 is 9.59 Å². The van der Waals surface area contributed by atoms with E-state index in [1.54, 1.807) is 0 Å². The van der Waals surface area contributed by atoms with Crippen molar-refractivity contribution in [2.24, 2.45) is 0 Å². The van der Waals surface area contributed by atoms with E-state index >= 15 is 0 Å².